The summed E-state index contributed by atoms with van der Waals surface area (Å²) >= 11 is 0. The van der Waals surface area contributed by atoms with Gasteiger partial charge in [0.25, 0.3) is 0 Å². The van der Waals surface area contributed by atoms with E-state index in [-0.39, 0.29) is 5.82 Å². The van der Waals surface area contributed by atoms with Crippen molar-refractivity contribution in [1.82, 2.24) is 4.90 Å². The molecule has 4 nitrogen and oxygen atoms in total. The van der Waals surface area contributed by atoms with Gasteiger partial charge >= 0.3 is 5.97 Å². The van der Waals surface area contributed by atoms with Crippen LogP contribution in [0.25, 0.3) is 0 Å². The van der Waals surface area contributed by atoms with Gasteiger partial charge in [-0.05, 0) is 18.1 Å². The molecule has 0 aromatic heterocycles. The molecule has 0 heterocycles. The second-order valence-corrected chi connectivity index (χ2v) is 3.77. The van der Waals surface area contributed by atoms with Gasteiger partial charge in [-0.15, -0.1) is 0 Å². The number of amides is 1. The molecular formula is C13H14FNO3. The van der Waals surface area contributed by atoms with Crippen molar-refractivity contribution >= 4 is 11.9 Å². The molecule has 0 aliphatic heterocycles. The van der Waals surface area contributed by atoms with E-state index in [2.05, 4.69) is 0 Å². The third kappa shape index (κ3) is 4.37. The Bertz CT molecular complexity index is 471. The summed E-state index contributed by atoms with van der Waals surface area (Å²) in [7, 11) is 1.54. The van der Waals surface area contributed by atoms with Crippen LogP contribution in [-0.2, 0) is 16.0 Å². The average molecular weight is 251 g/mol. The SMILES string of the molecule is CN(CCc1ccccc1F)C(=O)/C=C/C(=O)O. The molecule has 1 aromatic rings. The highest BCUT2D eigenvalue weighted by Crippen LogP contribution is 2.07. The number of aliphatic carboxylic acids is 1. The number of carboxylic acid groups (broad SMARTS) is 1. The number of carboxylic acids is 1. The van der Waals surface area contributed by atoms with Crippen molar-refractivity contribution in [3.05, 3.63) is 47.8 Å². The molecule has 0 bridgehead atoms. The summed E-state index contributed by atoms with van der Waals surface area (Å²) < 4.78 is 13.3. The Hall–Kier alpha value is -2.17. The van der Waals surface area contributed by atoms with Crippen LogP contribution in [0.1, 0.15) is 5.56 Å². The lowest BCUT2D eigenvalue weighted by atomic mass is 10.1. The first-order valence-electron chi connectivity index (χ1n) is 5.40. The lowest BCUT2D eigenvalue weighted by Crippen LogP contribution is -2.27. The van der Waals surface area contributed by atoms with Crippen LogP contribution >= 0.6 is 0 Å². The summed E-state index contributed by atoms with van der Waals surface area (Å²) in [6.45, 7) is 0.323. The van der Waals surface area contributed by atoms with Crippen molar-refractivity contribution < 1.29 is 19.1 Å². The third-order valence-electron chi connectivity index (χ3n) is 2.42. The fourth-order valence-electron chi connectivity index (χ4n) is 1.37. The number of hydrogen-bond acceptors (Lipinski definition) is 2. The lowest BCUT2D eigenvalue weighted by molar-refractivity contribution is -0.132. The first-order chi connectivity index (χ1) is 8.50. The summed E-state index contributed by atoms with van der Waals surface area (Å²) in [5, 5.41) is 8.38. The van der Waals surface area contributed by atoms with Gasteiger partial charge in [-0.2, -0.15) is 0 Å². The molecule has 0 atom stereocenters. The molecular weight excluding hydrogens is 237 g/mol. The first-order valence-corrected chi connectivity index (χ1v) is 5.40. The Morgan fingerprint density at radius 1 is 1.33 bits per heavy atom. The van der Waals surface area contributed by atoms with E-state index in [4.69, 9.17) is 5.11 Å². The summed E-state index contributed by atoms with van der Waals surface area (Å²) in [4.78, 5) is 23.0. The molecule has 1 amide bonds. The molecule has 18 heavy (non-hydrogen) atoms. The predicted molar refractivity (Wildman–Crippen MR) is 64.5 cm³/mol. The molecule has 0 aliphatic carbocycles. The van der Waals surface area contributed by atoms with Crippen molar-refractivity contribution in [2.75, 3.05) is 13.6 Å². The lowest BCUT2D eigenvalue weighted by Gasteiger charge is -2.15. The number of carbonyl (C=O) groups excluding carboxylic acids is 1. The quantitative estimate of drug-likeness (QED) is 0.806. The van der Waals surface area contributed by atoms with E-state index in [1.165, 1.54) is 18.0 Å². The highest BCUT2D eigenvalue weighted by Gasteiger charge is 2.07. The molecule has 0 fully saturated rings. The van der Waals surface area contributed by atoms with Crippen molar-refractivity contribution in [3.63, 3.8) is 0 Å². The van der Waals surface area contributed by atoms with Crippen molar-refractivity contribution in [2.45, 2.75) is 6.42 Å². The number of carbonyl (C=O) groups is 2. The van der Waals surface area contributed by atoms with Gasteiger partial charge in [-0.1, -0.05) is 18.2 Å². The Morgan fingerprint density at radius 2 is 2.00 bits per heavy atom. The van der Waals surface area contributed by atoms with Gasteiger partial charge in [0.1, 0.15) is 5.82 Å². The van der Waals surface area contributed by atoms with Gasteiger partial charge in [-0.25, -0.2) is 9.18 Å². The van der Waals surface area contributed by atoms with E-state index in [9.17, 15) is 14.0 Å². The zero-order chi connectivity index (χ0) is 13.5. The summed E-state index contributed by atoms with van der Waals surface area (Å²) in [5.74, 6) is -1.90. The van der Waals surface area contributed by atoms with Gasteiger partial charge in [-0.3, -0.25) is 4.79 Å². The molecule has 0 saturated heterocycles. The number of rotatable bonds is 5. The van der Waals surface area contributed by atoms with Gasteiger partial charge in [0.2, 0.25) is 5.91 Å². The highest BCUT2D eigenvalue weighted by atomic mass is 19.1. The van der Waals surface area contributed by atoms with Gasteiger partial charge in [0.05, 0.1) is 0 Å². The normalized spacial score (nSPS) is 10.6. The first kappa shape index (κ1) is 13.9. The van der Waals surface area contributed by atoms with Crippen LogP contribution in [0.15, 0.2) is 36.4 Å². The van der Waals surface area contributed by atoms with E-state index < -0.39 is 11.9 Å². The fraction of sp³-hybridized carbons (Fsp3) is 0.231. The van der Waals surface area contributed by atoms with Crippen LogP contribution in [0.2, 0.25) is 0 Å². The van der Waals surface area contributed by atoms with Crippen molar-refractivity contribution in [3.8, 4) is 0 Å². The summed E-state index contributed by atoms with van der Waals surface area (Å²) in [6, 6.07) is 6.34. The molecule has 0 spiro atoms. The molecule has 1 N–H and O–H groups in total. The Balaban J connectivity index is 2.51. The maximum Gasteiger partial charge on any atom is 0.328 e. The minimum atomic E-state index is -1.18. The number of likely N-dealkylation sites (N-methyl/N-ethyl adjacent to an activating group) is 1. The molecule has 96 valence electrons. The van der Waals surface area contributed by atoms with E-state index in [0.717, 1.165) is 12.2 Å². The number of hydrogen-bond donors (Lipinski definition) is 1. The topological polar surface area (TPSA) is 57.6 Å². The predicted octanol–water partition coefficient (Wildman–Crippen LogP) is 1.47. The number of nitrogens with zero attached hydrogens (tertiary/aromatic N) is 1. The smallest absolute Gasteiger partial charge is 0.328 e. The molecule has 0 unspecified atom stereocenters. The maximum absolute atomic E-state index is 13.3. The van der Waals surface area contributed by atoms with Crippen LogP contribution in [0.3, 0.4) is 0 Å². The summed E-state index contributed by atoms with van der Waals surface area (Å²) in [6.07, 6.45) is 2.14. The molecule has 0 saturated carbocycles. The standard InChI is InChI=1S/C13H14FNO3/c1-15(12(16)6-7-13(17)18)9-8-10-4-2-3-5-11(10)14/h2-7H,8-9H2,1H3,(H,17,18)/b7-6+. The minimum Gasteiger partial charge on any atom is -0.478 e. The number of benzene rings is 1. The average Bonchev–Trinajstić information content (AvgIpc) is 2.34. The largest absolute Gasteiger partial charge is 0.478 e. The second kappa shape index (κ2) is 6.54. The van der Waals surface area contributed by atoms with Crippen molar-refractivity contribution in [1.29, 1.82) is 0 Å². The Kier molecular flexibility index (Phi) is 5.05. The molecule has 1 rings (SSSR count). The van der Waals surface area contributed by atoms with Crippen LogP contribution < -0.4 is 0 Å². The third-order valence-corrected chi connectivity index (χ3v) is 2.42. The Labute approximate surface area is 104 Å². The van der Waals surface area contributed by atoms with Crippen LogP contribution in [0.4, 0.5) is 4.39 Å². The Morgan fingerprint density at radius 3 is 2.61 bits per heavy atom. The van der Waals surface area contributed by atoms with E-state index in [1.54, 1.807) is 18.2 Å². The molecule has 0 aliphatic rings. The molecule has 0 radical (unpaired) electrons. The molecule has 5 heteroatoms. The molecule has 1 aromatic carbocycles. The summed E-state index contributed by atoms with van der Waals surface area (Å²) in [5.41, 5.74) is 0.527. The van der Waals surface area contributed by atoms with Gasteiger partial charge < -0.3 is 10.0 Å². The van der Waals surface area contributed by atoms with Gasteiger partial charge in [0, 0.05) is 25.7 Å². The van der Waals surface area contributed by atoms with Crippen LogP contribution in [-0.4, -0.2) is 35.5 Å². The zero-order valence-corrected chi connectivity index (χ0v) is 9.97. The van der Waals surface area contributed by atoms with E-state index in [1.807, 2.05) is 0 Å². The monoisotopic (exact) mass is 251 g/mol. The second-order valence-electron chi connectivity index (χ2n) is 3.77. The van der Waals surface area contributed by atoms with Crippen LogP contribution in [0, 0.1) is 5.82 Å². The van der Waals surface area contributed by atoms with Crippen molar-refractivity contribution in [2.24, 2.45) is 0 Å². The highest BCUT2D eigenvalue weighted by molar-refractivity contribution is 5.93. The minimum absolute atomic E-state index is 0.306. The van der Waals surface area contributed by atoms with E-state index >= 15 is 0 Å². The van der Waals surface area contributed by atoms with Gasteiger partial charge in [0.15, 0.2) is 0 Å². The maximum atomic E-state index is 13.3. The zero-order valence-electron chi connectivity index (χ0n) is 9.97. The number of halogens is 1. The van der Waals surface area contributed by atoms with Crippen LogP contribution in [0.5, 0.6) is 0 Å². The van der Waals surface area contributed by atoms with E-state index in [0.29, 0.717) is 18.5 Å². The fourth-order valence-corrected chi connectivity index (χ4v) is 1.37.